The van der Waals surface area contributed by atoms with E-state index < -0.39 is 0 Å². The lowest BCUT2D eigenvalue weighted by atomic mass is 10.5. The average Bonchev–Trinajstić information content (AvgIpc) is 2.59. The van der Waals surface area contributed by atoms with Crippen LogP contribution in [-0.4, -0.2) is 10.8 Å². The molecule has 0 saturated heterocycles. The minimum absolute atomic E-state index is 0.766. The molecular formula is C6H4N3S. The van der Waals surface area contributed by atoms with Crippen LogP contribution in [-0.2, 0) is 0 Å². The molecule has 2 rings (SSSR count). The SMILES string of the molecule is C1=CN=C(c2cncs2)[N]1. The van der Waals surface area contributed by atoms with Crippen LogP contribution in [0.25, 0.3) is 0 Å². The van der Waals surface area contributed by atoms with E-state index in [-0.39, 0.29) is 0 Å². The average molecular weight is 150 g/mol. The second-order valence-electron chi connectivity index (χ2n) is 1.75. The van der Waals surface area contributed by atoms with Crippen molar-refractivity contribution in [2.45, 2.75) is 0 Å². The van der Waals surface area contributed by atoms with Gasteiger partial charge < -0.3 is 0 Å². The summed E-state index contributed by atoms with van der Waals surface area (Å²) in [6.45, 7) is 0. The molecular weight excluding hydrogens is 146 g/mol. The Morgan fingerprint density at radius 2 is 2.30 bits per heavy atom. The van der Waals surface area contributed by atoms with Gasteiger partial charge in [-0.15, -0.1) is 11.3 Å². The maximum atomic E-state index is 4.02. The van der Waals surface area contributed by atoms with Crippen LogP contribution in [0.5, 0.6) is 0 Å². The molecule has 0 fully saturated rings. The van der Waals surface area contributed by atoms with Crippen LogP contribution >= 0.6 is 11.3 Å². The predicted octanol–water partition coefficient (Wildman–Crippen LogP) is 0.979. The van der Waals surface area contributed by atoms with Gasteiger partial charge in [0.15, 0.2) is 5.84 Å². The van der Waals surface area contributed by atoms with Crippen LogP contribution in [0.1, 0.15) is 4.88 Å². The van der Waals surface area contributed by atoms with Gasteiger partial charge in [0.25, 0.3) is 0 Å². The van der Waals surface area contributed by atoms with Gasteiger partial charge in [-0.2, -0.15) is 0 Å². The van der Waals surface area contributed by atoms with Crippen molar-refractivity contribution in [3.63, 3.8) is 0 Å². The number of thiazole rings is 1. The van der Waals surface area contributed by atoms with Crippen molar-refractivity contribution in [2.24, 2.45) is 4.99 Å². The maximum Gasteiger partial charge on any atom is 0.171 e. The lowest BCUT2D eigenvalue weighted by molar-refractivity contribution is 1.29. The number of rotatable bonds is 1. The monoisotopic (exact) mass is 150 g/mol. The van der Waals surface area contributed by atoms with Crippen LogP contribution in [0.3, 0.4) is 0 Å². The smallest absolute Gasteiger partial charge is 0.171 e. The highest BCUT2D eigenvalue weighted by Gasteiger charge is 2.06. The summed E-state index contributed by atoms with van der Waals surface area (Å²) in [6.07, 6.45) is 5.12. The molecule has 1 aromatic rings. The summed E-state index contributed by atoms with van der Waals surface area (Å²) < 4.78 is 0. The molecule has 1 radical (unpaired) electrons. The highest BCUT2D eigenvalue weighted by atomic mass is 32.1. The Morgan fingerprint density at radius 3 is 2.90 bits per heavy atom. The van der Waals surface area contributed by atoms with Gasteiger partial charge in [-0.05, 0) is 0 Å². The summed E-state index contributed by atoms with van der Waals surface area (Å²) in [4.78, 5) is 8.95. The number of aliphatic imine (C=N–C) groups is 1. The van der Waals surface area contributed by atoms with E-state index in [1.165, 1.54) is 0 Å². The highest BCUT2D eigenvalue weighted by Crippen LogP contribution is 2.08. The first-order valence-electron chi connectivity index (χ1n) is 2.79. The van der Waals surface area contributed by atoms with Crippen molar-refractivity contribution in [2.75, 3.05) is 0 Å². The topological polar surface area (TPSA) is 39.4 Å². The van der Waals surface area contributed by atoms with Crippen LogP contribution in [0.4, 0.5) is 0 Å². The Hall–Kier alpha value is -1.16. The summed E-state index contributed by atoms with van der Waals surface area (Å²) >= 11 is 1.54. The number of nitrogens with zero attached hydrogens (tertiary/aromatic N) is 3. The fourth-order valence-corrected chi connectivity index (χ4v) is 1.26. The van der Waals surface area contributed by atoms with E-state index in [9.17, 15) is 0 Å². The standard InChI is InChI=1S/C6H4N3S/c1-2-9-6(8-1)5-3-7-4-10-5/h1-4H. The van der Waals surface area contributed by atoms with E-state index in [4.69, 9.17) is 0 Å². The zero-order valence-electron chi connectivity index (χ0n) is 5.06. The molecule has 1 aromatic heterocycles. The molecule has 0 aromatic carbocycles. The van der Waals surface area contributed by atoms with Crippen LogP contribution < -0.4 is 5.32 Å². The Balaban J connectivity index is 2.30. The Morgan fingerprint density at radius 1 is 1.30 bits per heavy atom. The summed E-state index contributed by atoms with van der Waals surface area (Å²) in [7, 11) is 0. The van der Waals surface area contributed by atoms with Crippen molar-refractivity contribution < 1.29 is 0 Å². The molecule has 0 spiro atoms. The van der Waals surface area contributed by atoms with Gasteiger partial charge in [-0.1, -0.05) is 0 Å². The Labute approximate surface area is 62.1 Å². The van der Waals surface area contributed by atoms with Gasteiger partial charge >= 0.3 is 0 Å². The zero-order chi connectivity index (χ0) is 6.81. The van der Waals surface area contributed by atoms with E-state index in [0.717, 1.165) is 10.7 Å². The molecule has 4 heteroatoms. The van der Waals surface area contributed by atoms with Gasteiger partial charge in [0.1, 0.15) is 0 Å². The molecule has 0 unspecified atom stereocenters. The maximum absolute atomic E-state index is 4.02. The molecule has 1 aliphatic heterocycles. The molecule has 0 amide bonds. The van der Waals surface area contributed by atoms with E-state index >= 15 is 0 Å². The number of hydrogen-bond donors (Lipinski definition) is 0. The molecule has 49 valence electrons. The largest absolute Gasteiger partial charge is 0.252 e. The van der Waals surface area contributed by atoms with E-state index in [1.54, 1.807) is 35.4 Å². The Kier molecular flexibility index (Phi) is 1.25. The third-order valence-electron chi connectivity index (χ3n) is 1.11. The van der Waals surface area contributed by atoms with Crippen LogP contribution in [0, 0.1) is 0 Å². The van der Waals surface area contributed by atoms with Gasteiger partial charge in [-0.25, -0.2) is 10.3 Å². The van der Waals surface area contributed by atoms with Crippen molar-refractivity contribution in [1.82, 2.24) is 10.3 Å². The first-order chi connectivity index (χ1) is 4.97. The van der Waals surface area contributed by atoms with Crippen molar-refractivity contribution >= 4 is 17.2 Å². The van der Waals surface area contributed by atoms with Gasteiger partial charge in [0, 0.05) is 18.6 Å². The first kappa shape index (κ1) is 5.61. The van der Waals surface area contributed by atoms with Crippen molar-refractivity contribution in [3.05, 3.63) is 29.0 Å². The van der Waals surface area contributed by atoms with Crippen molar-refractivity contribution in [1.29, 1.82) is 0 Å². The number of amidine groups is 1. The molecule has 10 heavy (non-hydrogen) atoms. The van der Waals surface area contributed by atoms with Crippen LogP contribution in [0.2, 0.25) is 0 Å². The summed E-state index contributed by atoms with van der Waals surface area (Å²) in [5.41, 5.74) is 1.77. The summed E-state index contributed by atoms with van der Waals surface area (Å²) in [5.74, 6) is 0.766. The predicted molar refractivity (Wildman–Crippen MR) is 39.9 cm³/mol. The zero-order valence-corrected chi connectivity index (χ0v) is 5.88. The number of hydrogen-bond acceptors (Lipinski definition) is 3. The lowest BCUT2D eigenvalue weighted by Crippen LogP contribution is -2.04. The molecule has 0 aliphatic carbocycles. The molecule has 0 N–H and O–H groups in total. The van der Waals surface area contributed by atoms with Gasteiger partial charge in [-0.3, -0.25) is 4.98 Å². The highest BCUT2D eigenvalue weighted by molar-refractivity contribution is 7.11. The number of aromatic nitrogens is 1. The first-order valence-corrected chi connectivity index (χ1v) is 3.67. The van der Waals surface area contributed by atoms with Crippen LogP contribution in [0.15, 0.2) is 29.1 Å². The fourth-order valence-electron chi connectivity index (χ4n) is 0.695. The Bertz CT molecular complexity index is 273. The summed E-state index contributed by atoms with van der Waals surface area (Å²) in [6, 6.07) is 0. The minimum Gasteiger partial charge on any atom is -0.252 e. The third-order valence-corrected chi connectivity index (χ3v) is 1.88. The van der Waals surface area contributed by atoms with E-state index in [0.29, 0.717) is 0 Å². The normalized spacial score (nSPS) is 15.0. The molecule has 0 saturated carbocycles. The second kappa shape index (κ2) is 2.22. The van der Waals surface area contributed by atoms with Gasteiger partial charge in [0.05, 0.1) is 10.4 Å². The van der Waals surface area contributed by atoms with E-state index in [1.807, 2.05) is 0 Å². The lowest BCUT2D eigenvalue weighted by Gasteiger charge is -1.89. The van der Waals surface area contributed by atoms with Crippen molar-refractivity contribution in [3.8, 4) is 0 Å². The minimum atomic E-state index is 0.766. The summed E-state index contributed by atoms with van der Waals surface area (Å²) in [5, 5.41) is 4.02. The molecule has 0 bridgehead atoms. The fraction of sp³-hybridized carbons (Fsp3) is 0. The van der Waals surface area contributed by atoms with Gasteiger partial charge in [0.2, 0.25) is 0 Å². The molecule has 3 nitrogen and oxygen atoms in total. The molecule has 1 aliphatic rings. The quantitative estimate of drug-likeness (QED) is 0.588. The molecule has 2 heterocycles. The van der Waals surface area contributed by atoms with E-state index in [2.05, 4.69) is 15.3 Å². The second-order valence-corrected chi connectivity index (χ2v) is 2.63. The third kappa shape index (κ3) is 0.823. The molecule has 0 atom stereocenters.